The Labute approximate surface area is 103 Å². The summed E-state index contributed by atoms with van der Waals surface area (Å²) in [5.41, 5.74) is 1.59. The third-order valence-corrected chi connectivity index (χ3v) is 2.97. The molecule has 92 valence electrons. The van der Waals surface area contributed by atoms with Crippen LogP contribution in [0.1, 0.15) is 32.8 Å². The second-order valence-electron chi connectivity index (χ2n) is 4.68. The molecule has 0 heterocycles. The quantitative estimate of drug-likeness (QED) is 0.587. The third kappa shape index (κ3) is 3.19. The number of hydrogen-bond acceptors (Lipinski definition) is 2. The summed E-state index contributed by atoms with van der Waals surface area (Å²) in [4.78, 5) is 12.0. The van der Waals surface area contributed by atoms with E-state index in [0.717, 1.165) is 5.56 Å². The lowest BCUT2D eigenvalue weighted by atomic mass is 9.79. The zero-order chi connectivity index (χ0) is 12.9. The molecule has 0 amide bonds. The Bertz CT molecular complexity index is 402. The van der Waals surface area contributed by atoms with Crippen molar-refractivity contribution in [2.75, 3.05) is 7.11 Å². The van der Waals surface area contributed by atoms with E-state index in [2.05, 4.69) is 6.08 Å². The molecule has 0 fully saturated rings. The fraction of sp³-hybridized carbons (Fsp3) is 0.400. The molecule has 2 heteroatoms. The predicted octanol–water partition coefficient (Wildman–Crippen LogP) is 3.47. The Balaban J connectivity index is 3.11. The Hall–Kier alpha value is -1.57. The van der Waals surface area contributed by atoms with Crippen molar-refractivity contribution < 1.29 is 9.53 Å². The van der Waals surface area contributed by atoms with Gasteiger partial charge in [-0.15, -0.1) is 0 Å². The number of rotatable bonds is 4. The van der Waals surface area contributed by atoms with Crippen LogP contribution in [0.25, 0.3) is 0 Å². The van der Waals surface area contributed by atoms with Crippen LogP contribution in [0.2, 0.25) is 0 Å². The van der Waals surface area contributed by atoms with Gasteiger partial charge in [0.1, 0.15) is 0 Å². The van der Waals surface area contributed by atoms with Gasteiger partial charge in [-0.1, -0.05) is 42.0 Å². The van der Waals surface area contributed by atoms with Crippen molar-refractivity contribution in [1.82, 2.24) is 0 Å². The maximum absolute atomic E-state index is 12.0. The van der Waals surface area contributed by atoms with E-state index in [1.165, 1.54) is 12.7 Å². The van der Waals surface area contributed by atoms with E-state index < -0.39 is 5.41 Å². The molecule has 0 aliphatic carbocycles. The lowest BCUT2D eigenvalue weighted by Crippen LogP contribution is -2.33. The summed E-state index contributed by atoms with van der Waals surface area (Å²) in [5, 5.41) is 0. The number of ether oxygens (including phenoxy) is 1. The minimum absolute atomic E-state index is 0.193. The monoisotopic (exact) mass is 232 g/mol. The number of hydrogen-bond donors (Lipinski definition) is 0. The molecule has 0 aliphatic heterocycles. The Morgan fingerprint density at radius 3 is 2.35 bits per heavy atom. The van der Waals surface area contributed by atoms with Crippen molar-refractivity contribution in [3.05, 3.63) is 47.5 Å². The number of methoxy groups -OCH3 is 1. The van der Waals surface area contributed by atoms with Crippen LogP contribution in [0, 0.1) is 0 Å². The maximum Gasteiger partial charge on any atom is 0.316 e. The van der Waals surface area contributed by atoms with Crippen LogP contribution in [0.15, 0.2) is 42.0 Å². The summed E-state index contributed by atoms with van der Waals surface area (Å²) in [6.45, 7) is 5.99. The molecule has 1 rings (SSSR count). The highest BCUT2D eigenvalue weighted by Gasteiger charge is 2.35. The van der Waals surface area contributed by atoms with Gasteiger partial charge in [0, 0.05) is 0 Å². The van der Waals surface area contributed by atoms with Gasteiger partial charge in [-0.2, -0.15) is 0 Å². The molecular weight excluding hydrogens is 212 g/mol. The van der Waals surface area contributed by atoms with E-state index in [0.29, 0.717) is 6.42 Å². The molecule has 0 spiro atoms. The lowest BCUT2D eigenvalue weighted by Gasteiger charge is -2.26. The van der Waals surface area contributed by atoms with Crippen molar-refractivity contribution in [2.45, 2.75) is 32.6 Å². The van der Waals surface area contributed by atoms with Crippen molar-refractivity contribution in [3.8, 4) is 0 Å². The van der Waals surface area contributed by atoms with E-state index in [1.54, 1.807) is 0 Å². The summed E-state index contributed by atoms with van der Waals surface area (Å²) < 4.78 is 4.93. The van der Waals surface area contributed by atoms with Crippen LogP contribution in [-0.4, -0.2) is 13.1 Å². The van der Waals surface area contributed by atoms with Crippen LogP contribution in [0.3, 0.4) is 0 Å². The summed E-state index contributed by atoms with van der Waals surface area (Å²) in [6, 6.07) is 9.77. The van der Waals surface area contributed by atoms with Gasteiger partial charge in [0.2, 0.25) is 0 Å². The zero-order valence-corrected chi connectivity index (χ0v) is 11.0. The van der Waals surface area contributed by atoms with E-state index in [4.69, 9.17) is 4.74 Å². The molecular formula is C15H20O2. The fourth-order valence-electron chi connectivity index (χ4n) is 1.76. The van der Waals surface area contributed by atoms with Gasteiger partial charge in [-0.3, -0.25) is 4.79 Å². The van der Waals surface area contributed by atoms with Gasteiger partial charge < -0.3 is 4.74 Å². The Kier molecular flexibility index (Phi) is 4.50. The molecule has 1 aromatic carbocycles. The van der Waals surface area contributed by atoms with Crippen molar-refractivity contribution in [2.24, 2.45) is 0 Å². The van der Waals surface area contributed by atoms with Crippen LogP contribution in [0.4, 0.5) is 0 Å². The molecule has 2 nitrogen and oxygen atoms in total. The summed E-state index contributed by atoms with van der Waals surface area (Å²) >= 11 is 0. The topological polar surface area (TPSA) is 26.3 Å². The first-order valence-corrected chi connectivity index (χ1v) is 5.78. The third-order valence-electron chi connectivity index (χ3n) is 2.97. The van der Waals surface area contributed by atoms with Gasteiger partial charge in [0.15, 0.2) is 0 Å². The average Bonchev–Trinajstić information content (AvgIpc) is 2.36. The highest BCUT2D eigenvalue weighted by Crippen LogP contribution is 2.30. The largest absolute Gasteiger partial charge is 0.468 e. The number of benzene rings is 1. The normalized spacial score (nSPS) is 13.6. The smallest absolute Gasteiger partial charge is 0.316 e. The van der Waals surface area contributed by atoms with Crippen LogP contribution in [0.5, 0.6) is 0 Å². The molecule has 0 bridgehead atoms. The summed E-state index contributed by atoms with van der Waals surface area (Å²) in [7, 11) is 1.44. The molecule has 17 heavy (non-hydrogen) atoms. The molecule has 0 radical (unpaired) electrons. The maximum atomic E-state index is 12.0. The van der Waals surface area contributed by atoms with E-state index >= 15 is 0 Å². The second kappa shape index (κ2) is 5.67. The van der Waals surface area contributed by atoms with Crippen molar-refractivity contribution in [1.29, 1.82) is 0 Å². The van der Waals surface area contributed by atoms with E-state index in [-0.39, 0.29) is 5.97 Å². The van der Waals surface area contributed by atoms with E-state index in [1.807, 2.05) is 51.1 Å². The van der Waals surface area contributed by atoms with Gasteiger partial charge >= 0.3 is 5.97 Å². The first-order valence-electron chi connectivity index (χ1n) is 5.78. The highest BCUT2D eigenvalue weighted by molar-refractivity contribution is 5.82. The minimum atomic E-state index is -0.604. The molecule has 1 aromatic rings. The van der Waals surface area contributed by atoms with Crippen LogP contribution >= 0.6 is 0 Å². The van der Waals surface area contributed by atoms with Crippen LogP contribution in [-0.2, 0) is 14.9 Å². The van der Waals surface area contributed by atoms with Crippen molar-refractivity contribution in [3.63, 3.8) is 0 Å². The lowest BCUT2D eigenvalue weighted by molar-refractivity contribution is -0.146. The first-order chi connectivity index (χ1) is 8.00. The standard InChI is InChI=1S/C15H20O2/c1-12(2)10-11-15(3,14(16)17-4)13-8-6-5-7-9-13/h5-10H,11H2,1-4H3/t15-/m1/s1. The predicted molar refractivity (Wildman–Crippen MR) is 69.9 cm³/mol. The molecule has 0 unspecified atom stereocenters. The Morgan fingerprint density at radius 1 is 1.29 bits per heavy atom. The van der Waals surface area contributed by atoms with Gasteiger partial charge in [-0.05, 0) is 32.8 Å². The summed E-state index contributed by atoms with van der Waals surface area (Å²) in [6.07, 6.45) is 2.73. The SMILES string of the molecule is COC(=O)[C@](C)(CC=C(C)C)c1ccccc1. The van der Waals surface area contributed by atoms with Crippen molar-refractivity contribution >= 4 is 5.97 Å². The first kappa shape index (κ1) is 13.5. The fourth-order valence-corrected chi connectivity index (χ4v) is 1.76. The van der Waals surface area contributed by atoms with E-state index in [9.17, 15) is 4.79 Å². The number of carbonyl (C=O) groups is 1. The number of carbonyl (C=O) groups excluding carboxylic acids is 1. The van der Waals surface area contributed by atoms with Gasteiger partial charge in [-0.25, -0.2) is 0 Å². The molecule has 0 N–H and O–H groups in total. The molecule has 0 saturated carbocycles. The Morgan fingerprint density at radius 2 is 1.88 bits per heavy atom. The van der Waals surface area contributed by atoms with Gasteiger partial charge in [0.25, 0.3) is 0 Å². The average molecular weight is 232 g/mol. The minimum Gasteiger partial charge on any atom is -0.468 e. The number of allylic oxidation sites excluding steroid dienone is 2. The molecule has 0 saturated heterocycles. The van der Waals surface area contributed by atoms with Crippen LogP contribution < -0.4 is 0 Å². The molecule has 0 aliphatic rings. The molecule has 1 atom stereocenters. The highest BCUT2D eigenvalue weighted by atomic mass is 16.5. The molecule has 0 aromatic heterocycles. The zero-order valence-electron chi connectivity index (χ0n) is 11.0. The second-order valence-corrected chi connectivity index (χ2v) is 4.68. The van der Waals surface area contributed by atoms with Gasteiger partial charge in [0.05, 0.1) is 12.5 Å². The number of esters is 1. The summed E-state index contributed by atoms with van der Waals surface area (Å²) in [5.74, 6) is -0.193.